The van der Waals surface area contributed by atoms with Crippen molar-refractivity contribution in [1.82, 2.24) is 4.98 Å². The molecule has 0 unspecified atom stereocenters. The smallest absolute Gasteiger partial charge is 0.335 e. The molecule has 3 rings (SSSR count). The number of aryl methyl sites for hydroxylation is 2. The van der Waals surface area contributed by atoms with Gasteiger partial charge in [0.15, 0.2) is 5.58 Å². The molecule has 0 spiro atoms. The minimum Gasteiger partial charge on any atom is -0.478 e. The van der Waals surface area contributed by atoms with Gasteiger partial charge in [0, 0.05) is 0 Å². The summed E-state index contributed by atoms with van der Waals surface area (Å²) in [4.78, 5) is 15.2. The summed E-state index contributed by atoms with van der Waals surface area (Å²) in [5.41, 5.74) is 2.03. The van der Waals surface area contributed by atoms with Crippen LogP contribution in [-0.4, -0.2) is 16.1 Å². The Morgan fingerprint density at radius 1 is 1.21 bits per heavy atom. The molecule has 1 N–H and O–H groups in total. The molecule has 2 heterocycles. The first kappa shape index (κ1) is 11.5. The third kappa shape index (κ3) is 1.89. The second kappa shape index (κ2) is 3.98. The molecule has 0 aliphatic heterocycles. The van der Waals surface area contributed by atoms with Crippen molar-refractivity contribution in [3.05, 3.63) is 41.3 Å². The maximum atomic E-state index is 10.9. The number of aromatic carboxylic acids is 1. The Kier molecular flexibility index (Phi) is 2.41. The highest BCUT2D eigenvalue weighted by molar-refractivity contribution is 5.92. The standard InChI is InChI=1S/C14H11NO4/c1-7-5-10(8(2)18-7)13-15-11-4-3-9(14(16)17)6-12(11)19-13/h3-6H,1-2H3,(H,16,17). The quantitative estimate of drug-likeness (QED) is 0.761. The van der Waals surface area contributed by atoms with Crippen molar-refractivity contribution in [2.45, 2.75) is 13.8 Å². The fourth-order valence-electron chi connectivity index (χ4n) is 2.02. The summed E-state index contributed by atoms with van der Waals surface area (Å²) in [5.74, 6) is 0.950. The summed E-state index contributed by atoms with van der Waals surface area (Å²) in [7, 11) is 0. The van der Waals surface area contributed by atoms with Crippen molar-refractivity contribution in [2.75, 3.05) is 0 Å². The molecular weight excluding hydrogens is 246 g/mol. The summed E-state index contributed by atoms with van der Waals surface area (Å²) in [5, 5.41) is 8.94. The molecule has 19 heavy (non-hydrogen) atoms. The highest BCUT2D eigenvalue weighted by Crippen LogP contribution is 2.29. The minimum absolute atomic E-state index is 0.176. The van der Waals surface area contributed by atoms with Crippen LogP contribution in [0.4, 0.5) is 0 Å². The summed E-state index contributed by atoms with van der Waals surface area (Å²) >= 11 is 0. The van der Waals surface area contributed by atoms with Crippen LogP contribution in [0.5, 0.6) is 0 Å². The lowest BCUT2D eigenvalue weighted by atomic mass is 10.2. The molecule has 0 atom stereocenters. The van der Waals surface area contributed by atoms with Gasteiger partial charge in [-0.2, -0.15) is 0 Å². The first-order chi connectivity index (χ1) is 9.04. The number of furan rings is 1. The molecule has 3 aromatic rings. The van der Waals surface area contributed by atoms with Gasteiger partial charge in [-0.15, -0.1) is 0 Å². The number of rotatable bonds is 2. The first-order valence-corrected chi connectivity index (χ1v) is 5.76. The number of benzene rings is 1. The molecule has 0 aliphatic carbocycles. The summed E-state index contributed by atoms with van der Waals surface area (Å²) in [6, 6.07) is 6.45. The lowest BCUT2D eigenvalue weighted by Crippen LogP contribution is -1.94. The Morgan fingerprint density at radius 3 is 2.63 bits per heavy atom. The largest absolute Gasteiger partial charge is 0.478 e. The van der Waals surface area contributed by atoms with E-state index < -0.39 is 5.97 Å². The van der Waals surface area contributed by atoms with E-state index in [9.17, 15) is 4.79 Å². The second-order valence-electron chi connectivity index (χ2n) is 4.33. The molecule has 0 aliphatic rings. The number of carboxylic acid groups (broad SMARTS) is 1. The molecule has 1 aromatic carbocycles. The van der Waals surface area contributed by atoms with E-state index in [-0.39, 0.29) is 5.56 Å². The normalized spacial score (nSPS) is 11.1. The van der Waals surface area contributed by atoms with Crippen LogP contribution in [0.2, 0.25) is 0 Å². The summed E-state index contributed by atoms with van der Waals surface area (Å²) in [6.07, 6.45) is 0. The molecule has 0 fully saturated rings. The fraction of sp³-hybridized carbons (Fsp3) is 0.143. The van der Waals surface area contributed by atoms with Crippen LogP contribution in [0.1, 0.15) is 21.9 Å². The number of nitrogens with zero attached hydrogens (tertiary/aromatic N) is 1. The summed E-state index contributed by atoms with van der Waals surface area (Å²) < 4.78 is 11.0. The number of aromatic nitrogens is 1. The van der Waals surface area contributed by atoms with Crippen LogP contribution >= 0.6 is 0 Å². The molecule has 5 heteroatoms. The van der Waals surface area contributed by atoms with Crippen LogP contribution < -0.4 is 0 Å². The van der Waals surface area contributed by atoms with E-state index in [1.807, 2.05) is 19.9 Å². The Morgan fingerprint density at radius 2 is 2.00 bits per heavy atom. The molecule has 0 saturated carbocycles. The zero-order chi connectivity index (χ0) is 13.6. The molecular formula is C14H11NO4. The first-order valence-electron chi connectivity index (χ1n) is 5.76. The number of hydrogen-bond acceptors (Lipinski definition) is 4. The van der Waals surface area contributed by atoms with Crippen LogP contribution in [0.25, 0.3) is 22.6 Å². The minimum atomic E-state index is -0.991. The number of hydrogen-bond donors (Lipinski definition) is 1. The van der Waals surface area contributed by atoms with E-state index >= 15 is 0 Å². The highest BCUT2D eigenvalue weighted by atomic mass is 16.4. The number of oxazole rings is 1. The van der Waals surface area contributed by atoms with Gasteiger partial charge in [0.1, 0.15) is 17.0 Å². The van der Waals surface area contributed by atoms with Gasteiger partial charge in [0.2, 0.25) is 5.89 Å². The average molecular weight is 257 g/mol. The van der Waals surface area contributed by atoms with Crippen LogP contribution in [0.15, 0.2) is 33.1 Å². The van der Waals surface area contributed by atoms with Crippen molar-refractivity contribution < 1.29 is 18.7 Å². The lowest BCUT2D eigenvalue weighted by Gasteiger charge is -1.91. The third-order valence-corrected chi connectivity index (χ3v) is 2.91. The van der Waals surface area contributed by atoms with E-state index in [0.717, 1.165) is 17.1 Å². The van der Waals surface area contributed by atoms with Gasteiger partial charge in [-0.25, -0.2) is 9.78 Å². The molecule has 0 saturated heterocycles. The van der Waals surface area contributed by atoms with E-state index in [4.69, 9.17) is 13.9 Å². The SMILES string of the molecule is Cc1cc(-c2nc3ccc(C(=O)O)cc3o2)c(C)o1. The van der Waals surface area contributed by atoms with Gasteiger partial charge in [0.05, 0.1) is 11.1 Å². The van der Waals surface area contributed by atoms with Crippen molar-refractivity contribution >= 4 is 17.1 Å². The molecule has 2 aromatic heterocycles. The van der Waals surface area contributed by atoms with Crippen molar-refractivity contribution in [2.24, 2.45) is 0 Å². The number of fused-ring (bicyclic) bond motifs is 1. The van der Waals surface area contributed by atoms with Gasteiger partial charge in [-0.1, -0.05) is 0 Å². The van der Waals surface area contributed by atoms with E-state index in [0.29, 0.717) is 17.0 Å². The molecule has 96 valence electrons. The van der Waals surface area contributed by atoms with Gasteiger partial charge in [0.25, 0.3) is 0 Å². The Hall–Kier alpha value is -2.56. The van der Waals surface area contributed by atoms with Crippen LogP contribution in [-0.2, 0) is 0 Å². The van der Waals surface area contributed by atoms with Crippen LogP contribution in [0, 0.1) is 13.8 Å². The zero-order valence-electron chi connectivity index (χ0n) is 10.4. The highest BCUT2D eigenvalue weighted by Gasteiger charge is 2.15. The predicted octanol–water partition coefficient (Wildman–Crippen LogP) is 3.40. The molecule has 0 amide bonds. The predicted molar refractivity (Wildman–Crippen MR) is 68.1 cm³/mol. The maximum Gasteiger partial charge on any atom is 0.335 e. The molecule has 0 radical (unpaired) electrons. The van der Waals surface area contributed by atoms with Gasteiger partial charge >= 0.3 is 5.97 Å². The Bertz CT molecular complexity index is 782. The Labute approximate surface area is 108 Å². The van der Waals surface area contributed by atoms with Gasteiger partial charge in [-0.3, -0.25) is 0 Å². The maximum absolute atomic E-state index is 10.9. The van der Waals surface area contributed by atoms with Crippen molar-refractivity contribution in [1.29, 1.82) is 0 Å². The zero-order valence-corrected chi connectivity index (χ0v) is 10.4. The average Bonchev–Trinajstić information content (AvgIpc) is 2.90. The number of carbonyl (C=O) groups is 1. The van der Waals surface area contributed by atoms with Gasteiger partial charge in [-0.05, 0) is 38.1 Å². The van der Waals surface area contributed by atoms with Gasteiger partial charge < -0.3 is 13.9 Å². The van der Waals surface area contributed by atoms with Crippen molar-refractivity contribution in [3.63, 3.8) is 0 Å². The second-order valence-corrected chi connectivity index (χ2v) is 4.33. The molecule has 0 bridgehead atoms. The van der Waals surface area contributed by atoms with Crippen LogP contribution in [0.3, 0.4) is 0 Å². The lowest BCUT2D eigenvalue weighted by molar-refractivity contribution is 0.0697. The van der Waals surface area contributed by atoms with E-state index in [1.54, 1.807) is 6.07 Å². The third-order valence-electron chi connectivity index (χ3n) is 2.91. The topological polar surface area (TPSA) is 76.5 Å². The van der Waals surface area contributed by atoms with E-state index in [2.05, 4.69) is 4.98 Å². The Balaban J connectivity index is 2.16. The van der Waals surface area contributed by atoms with E-state index in [1.165, 1.54) is 12.1 Å². The van der Waals surface area contributed by atoms with Crippen molar-refractivity contribution in [3.8, 4) is 11.5 Å². The monoisotopic (exact) mass is 257 g/mol. The fourth-order valence-corrected chi connectivity index (χ4v) is 2.02. The number of carboxylic acids is 1. The molecule has 5 nitrogen and oxygen atoms in total. The summed E-state index contributed by atoms with van der Waals surface area (Å²) in [6.45, 7) is 3.68.